The Morgan fingerprint density at radius 3 is 2.20 bits per heavy atom. The summed E-state index contributed by atoms with van der Waals surface area (Å²) in [5.41, 5.74) is 1.68. The molecule has 2 nitrogen and oxygen atoms in total. The van der Waals surface area contributed by atoms with Gasteiger partial charge in [-0.1, -0.05) is 36.8 Å². The van der Waals surface area contributed by atoms with Crippen LogP contribution in [0.1, 0.15) is 24.8 Å². The zero-order valence-corrected chi connectivity index (χ0v) is 13.3. The van der Waals surface area contributed by atoms with Crippen LogP contribution in [0.3, 0.4) is 0 Å². The van der Waals surface area contributed by atoms with Crippen LogP contribution in [0.15, 0.2) is 54.6 Å². The maximum absolute atomic E-state index is 12.7. The van der Waals surface area contributed by atoms with Gasteiger partial charge in [0.2, 0.25) is 5.91 Å². The summed E-state index contributed by atoms with van der Waals surface area (Å²) in [7, 11) is 0. The Kier molecular flexibility index (Phi) is 3.78. The molecule has 102 valence electrons. The smallest absolute Gasteiger partial charge is 0.235 e. The SMILES string of the molecule is O=C(Nc1ccc(I)cc1)C1(c2ccccc2)CCC1. The maximum Gasteiger partial charge on any atom is 0.235 e. The Hall–Kier alpha value is -1.36. The van der Waals surface area contributed by atoms with Gasteiger partial charge in [-0.05, 0) is 65.3 Å². The Balaban J connectivity index is 1.83. The normalized spacial score (nSPS) is 16.2. The van der Waals surface area contributed by atoms with Gasteiger partial charge in [-0.25, -0.2) is 0 Å². The highest BCUT2D eigenvalue weighted by molar-refractivity contribution is 14.1. The van der Waals surface area contributed by atoms with E-state index in [9.17, 15) is 4.79 Å². The average Bonchev–Trinajstić information content (AvgIpc) is 2.41. The summed E-state index contributed by atoms with van der Waals surface area (Å²) in [6.45, 7) is 0. The molecule has 3 rings (SSSR count). The molecule has 0 spiro atoms. The van der Waals surface area contributed by atoms with Gasteiger partial charge in [0, 0.05) is 9.26 Å². The molecule has 1 saturated carbocycles. The van der Waals surface area contributed by atoms with Gasteiger partial charge in [-0.3, -0.25) is 4.79 Å². The highest BCUT2D eigenvalue weighted by Gasteiger charge is 2.45. The van der Waals surface area contributed by atoms with Crippen molar-refractivity contribution in [1.29, 1.82) is 0 Å². The number of benzene rings is 2. The van der Waals surface area contributed by atoms with Gasteiger partial charge in [0.05, 0.1) is 5.41 Å². The van der Waals surface area contributed by atoms with E-state index in [1.807, 2.05) is 42.5 Å². The van der Waals surface area contributed by atoms with Gasteiger partial charge in [0.15, 0.2) is 0 Å². The lowest BCUT2D eigenvalue weighted by Gasteiger charge is -2.40. The molecule has 0 atom stereocenters. The van der Waals surface area contributed by atoms with Crippen molar-refractivity contribution < 1.29 is 4.79 Å². The molecular weight excluding hydrogens is 361 g/mol. The van der Waals surface area contributed by atoms with Crippen LogP contribution in [0.2, 0.25) is 0 Å². The fourth-order valence-corrected chi connectivity index (χ4v) is 3.08. The number of amides is 1. The number of rotatable bonds is 3. The molecule has 1 amide bonds. The van der Waals surface area contributed by atoms with Crippen molar-refractivity contribution >= 4 is 34.2 Å². The van der Waals surface area contributed by atoms with E-state index in [0.717, 1.165) is 30.5 Å². The van der Waals surface area contributed by atoms with E-state index >= 15 is 0 Å². The van der Waals surface area contributed by atoms with E-state index in [1.54, 1.807) is 0 Å². The van der Waals surface area contributed by atoms with E-state index in [0.29, 0.717) is 0 Å². The first-order valence-corrected chi connectivity index (χ1v) is 7.91. The number of carbonyl (C=O) groups excluding carboxylic acids is 1. The van der Waals surface area contributed by atoms with Crippen molar-refractivity contribution in [2.45, 2.75) is 24.7 Å². The molecule has 0 aromatic heterocycles. The fourth-order valence-electron chi connectivity index (χ4n) is 2.72. The van der Waals surface area contributed by atoms with Gasteiger partial charge >= 0.3 is 0 Å². The van der Waals surface area contributed by atoms with Crippen LogP contribution in [0.4, 0.5) is 5.69 Å². The van der Waals surface area contributed by atoms with Gasteiger partial charge in [0.25, 0.3) is 0 Å². The summed E-state index contributed by atoms with van der Waals surface area (Å²) in [4.78, 5) is 12.7. The summed E-state index contributed by atoms with van der Waals surface area (Å²) in [6.07, 6.45) is 3.00. The molecule has 0 aliphatic heterocycles. The third kappa shape index (κ3) is 2.46. The summed E-state index contributed by atoms with van der Waals surface area (Å²) in [5, 5.41) is 3.07. The number of carbonyl (C=O) groups is 1. The van der Waals surface area contributed by atoms with Gasteiger partial charge < -0.3 is 5.32 Å². The molecule has 0 saturated heterocycles. The molecule has 0 radical (unpaired) electrons. The molecule has 0 unspecified atom stereocenters. The Bertz CT molecular complexity index is 603. The predicted molar refractivity (Wildman–Crippen MR) is 89.8 cm³/mol. The lowest BCUT2D eigenvalue weighted by molar-refractivity contribution is -0.124. The predicted octanol–water partition coefficient (Wildman–Crippen LogP) is 4.35. The summed E-state index contributed by atoms with van der Waals surface area (Å²) in [5.74, 6) is 0.121. The largest absolute Gasteiger partial charge is 0.325 e. The maximum atomic E-state index is 12.7. The van der Waals surface area contributed by atoms with Crippen molar-refractivity contribution in [2.75, 3.05) is 5.32 Å². The average molecular weight is 377 g/mol. The van der Waals surface area contributed by atoms with Gasteiger partial charge in [-0.2, -0.15) is 0 Å². The minimum atomic E-state index is -0.329. The molecule has 0 heterocycles. The van der Waals surface area contributed by atoms with Crippen LogP contribution >= 0.6 is 22.6 Å². The quantitative estimate of drug-likeness (QED) is 0.792. The minimum absolute atomic E-state index is 0.121. The second-order valence-corrected chi connectivity index (χ2v) is 6.51. The number of nitrogens with one attached hydrogen (secondary N) is 1. The molecule has 2 aromatic rings. The molecule has 1 aliphatic rings. The molecule has 0 bridgehead atoms. The van der Waals surface area contributed by atoms with E-state index in [1.165, 1.54) is 3.57 Å². The molecule has 1 aliphatic carbocycles. The second-order valence-electron chi connectivity index (χ2n) is 5.26. The minimum Gasteiger partial charge on any atom is -0.325 e. The zero-order valence-electron chi connectivity index (χ0n) is 11.1. The Morgan fingerprint density at radius 1 is 1.00 bits per heavy atom. The van der Waals surface area contributed by atoms with E-state index < -0.39 is 0 Å². The van der Waals surface area contributed by atoms with Crippen LogP contribution in [-0.2, 0) is 10.2 Å². The molecule has 3 heteroatoms. The standard InChI is InChI=1S/C17H16INO/c18-14-7-9-15(10-8-14)19-16(20)17(11-4-12-17)13-5-2-1-3-6-13/h1-3,5-10H,4,11-12H2,(H,19,20). The summed E-state index contributed by atoms with van der Waals surface area (Å²) < 4.78 is 1.17. The summed E-state index contributed by atoms with van der Waals surface area (Å²) >= 11 is 2.26. The topological polar surface area (TPSA) is 29.1 Å². The second kappa shape index (κ2) is 5.56. The van der Waals surface area contributed by atoms with Crippen LogP contribution in [0.5, 0.6) is 0 Å². The molecule has 1 fully saturated rings. The number of hydrogen-bond acceptors (Lipinski definition) is 1. The molecule has 2 aromatic carbocycles. The first-order valence-electron chi connectivity index (χ1n) is 6.83. The third-order valence-corrected chi connectivity index (χ3v) is 4.79. The van der Waals surface area contributed by atoms with Crippen molar-refractivity contribution in [2.24, 2.45) is 0 Å². The van der Waals surface area contributed by atoms with Crippen molar-refractivity contribution in [3.63, 3.8) is 0 Å². The number of hydrogen-bond donors (Lipinski definition) is 1. The summed E-state index contributed by atoms with van der Waals surface area (Å²) in [6, 6.07) is 18.1. The fraction of sp³-hybridized carbons (Fsp3) is 0.235. The molecular formula is C17H16INO. The van der Waals surface area contributed by atoms with E-state index in [4.69, 9.17) is 0 Å². The van der Waals surface area contributed by atoms with Crippen LogP contribution in [0.25, 0.3) is 0 Å². The zero-order chi connectivity index (χ0) is 14.0. The monoisotopic (exact) mass is 377 g/mol. The lowest BCUT2D eigenvalue weighted by Crippen LogP contribution is -2.45. The Labute approximate surface area is 132 Å². The number of anilines is 1. The lowest BCUT2D eigenvalue weighted by atomic mass is 9.64. The molecule has 20 heavy (non-hydrogen) atoms. The van der Waals surface area contributed by atoms with E-state index in [2.05, 4.69) is 40.0 Å². The highest BCUT2D eigenvalue weighted by atomic mass is 127. The van der Waals surface area contributed by atoms with Crippen LogP contribution < -0.4 is 5.32 Å². The highest BCUT2D eigenvalue weighted by Crippen LogP contribution is 2.44. The van der Waals surface area contributed by atoms with Crippen molar-refractivity contribution in [3.8, 4) is 0 Å². The third-order valence-electron chi connectivity index (χ3n) is 4.07. The first-order chi connectivity index (χ1) is 9.71. The van der Waals surface area contributed by atoms with Crippen molar-refractivity contribution in [3.05, 3.63) is 63.7 Å². The van der Waals surface area contributed by atoms with Crippen LogP contribution in [-0.4, -0.2) is 5.91 Å². The van der Waals surface area contributed by atoms with Gasteiger partial charge in [0.1, 0.15) is 0 Å². The van der Waals surface area contributed by atoms with E-state index in [-0.39, 0.29) is 11.3 Å². The molecule has 1 N–H and O–H groups in total. The van der Waals surface area contributed by atoms with Crippen LogP contribution in [0, 0.1) is 3.57 Å². The number of halogens is 1. The first kappa shape index (κ1) is 13.6. The van der Waals surface area contributed by atoms with Gasteiger partial charge in [-0.15, -0.1) is 0 Å². The van der Waals surface area contributed by atoms with Crippen molar-refractivity contribution in [1.82, 2.24) is 0 Å². The Morgan fingerprint density at radius 2 is 1.65 bits per heavy atom.